The average molecular weight is 262 g/mol. The van der Waals surface area contributed by atoms with E-state index in [-0.39, 0.29) is 0 Å². The Bertz CT molecular complexity index is 496. The molecule has 0 aromatic carbocycles. The zero-order chi connectivity index (χ0) is 12.2. The molecule has 18 heavy (non-hydrogen) atoms. The van der Waals surface area contributed by atoms with Gasteiger partial charge in [0.15, 0.2) is 11.0 Å². The molecule has 1 fully saturated rings. The Balaban J connectivity index is 1.63. The van der Waals surface area contributed by atoms with Crippen molar-refractivity contribution in [3.05, 3.63) is 24.5 Å². The third-order valence-electron chi connectivity index (χ3n) is 2.83. The molecular formula is C12H14N4OS. The second kappa shape index (κ2) is 5.49. The van der Waals surface area contributed by atoms with Gasteiger partial charge in [0.2, 0.25) is 0 Å². The van der Waals surface area contributed by atoms with Crippen molar-refractivity contribution in [3.63, 3.8) is 0 Å². The van der Waals surface area contributed by atoms with Crippen LogP contribution in [0, 0.1) is 0 Å². The summed E-state index contributed by atoms with van der Waals surface area (Å²) >= 11 is 1.66. The minimum absolute atomic E-state index is 0.363. The Morgan fingerprint density at radius 2 is 2.44 bits per heavy atom. The van der Waals surface area contributed by atoms with E-state index in [0.717, 1.165) is 35.3 Å². The van der Waals surface area contributed by atoms with Crippen LogP contribution in [0.5, 0.6) is 0 Å². The molecule has 1 atom stereocenters. The van der Waals surface area contributed by atoms with Crippen molar-refractivity contribution in [2.24, 2.45) is 0 Å². The number of hydrogen-bond acceptors (Lipinski definition) is 5. The van der Waals surface area contributed by atoms with Gasteiger partial charge in [-0.2, -0.15) is 0 Å². The highest BCUT2D eigenvalue weighted by Crippen LogP contribution is 2.22. The second-order valence-corrected chi connectivity index (χ2v) is 5.18. The summed E-state index contributed by atoms with van der Waals surface area (Å²) in [7, 11) is 0. The largest absolute Gasteiger partial charge is 0.377 e. The molecule has 0 bridgehead atoms. The molecule has 1 saturated heterocycles. The minimum Gasteiger partial charge on any atom is -0.377 e. The van der Waals surface area contributed by atoms with Crippen LogP contribution in [0.4, 0.5) is 0 Å². The summed E-state index contributed by atoms with van der Waals surface area (Å²) in [4.78, 5) is 7.26. The van der Waals surface area contributed by atoms with Gasteiger partial charge in [-0.05, 0) is 25.0 Å². The number of aromatic nitrogens is 4. The Morgan fingerprint density at radius 3 is 3.22 bits per heavy atom. The lowest BCUT2D eigenvalue weighted by Crippen LogP contribution is -2.07. The number of rotatable bonds is 4. The van der Waals surface area contributed by atoms with E-state index in [1.54, 1.807) is 24.2 Å². The fourth-order valence-corrected chi connectivity index (χ4v) is 2.77. The smallest absolute Gasteiger partial charge is 0.188 e. The lowest BCUT2D eigenvalue weighted by Gasteiger charge is -2.05. The number of nitrogens with one attached hydrogen (secondary N) is 1. The quantitative estimate of drug-likeness (QED) is 0.855. The van der Waals surface area contributed by atoms with Gasteiger partial charge in [0.25, 0.3) is 0 Å². The highest BCUT2D eigenvalue weighted by molar-refractivity contribution is 7.99. The van der Waals surface area contributed by atoms with E-state index in [0.29, 0.717) is 6.10 Å². The summed E-state index contributed by atoms with van der Waals surface area (Å²) in [5, 5.41) is 9.09. The van der Waals surface area contributed by atoms with E-state index >= 15 is 0 Å². The molecule has 0 saturated carbocycles. The van der Waals surface area contributed by atoms with Crippen LogP contribution in [0.2, 0.25) is 0 Å². The highest BCUT2D eigenvalue weighted by Gasteiger charge is 2.16. The first-order valence-electron chi connectivity index (χ1n) is 5.99. The zero-order valence-corrected chi connectivity index (χ0v) is 10.7. The third kappa shape index (κ3) is 2.70. The van der Waals surface area contributed by atoms with Gasteiger partial charge in [-0.15, -0.1) is 10.2 Å². The Hall–Kier alpha value is -1.40. The number of pyridine rings is 1. The number of hydrogen-bond donors (Lipinski definition) is 1. The fraction of sp³-hybridized carbons (Fsp3) is 0.417. The van der Waals surface area contributed by atoms with Gasteiger partial charge < -0.3 is 9.72 Å². The molecule has 1 aliphatic rings. The summed E-state index contributed by atoms with van der Waals surface area (Å²) in [6, 6.07) is 3.85. The molecule has 0 spiro atoms. The first kappa shape index (κ1) is 11.7. The number of ether oxygens (including phenoxy) is 1. The van der Waals surface area contributed by atoms with Crippen LogP contribution < -0.4 is 0 Å². The average Bonchev–Trinajstić information content (AvgIpc) is 3.09. The summed E-state index contributed by atoms with van der Waals surface area (Å²) in [6.07, 6.45) is 6.20. The Kier molecular flexibility index (Phi) is 3.56. The van der Waals surface area contributed by atoms with E-state index in [4.69, 9.17) is 4.74 Å². The molecule has 1 unspecified atom stereocenters. The monoisotopic (exact) mass is 262 g/mol. The molecule has 5 nitrogen and oxygen atoms in total. The van der Waals surface area contributed by atoms with Gasteiger partial charge in [-0.3, -0.25) is 4.98 Å². The summed E-state index contributed by atoms with van der Waals surface area (Å²) in [6.45, 7) is 0.891. The molecule has 0 amide bonds. The van der Waals surface area contributed by atoms with Crippen molar-refractivity contribution >= 4 is 11.8 Å². The van der Waals surface area contributed by atoms with E-state index < -0.39 is 0 Å². The first-order valence-corrected chi connectivity index (χ1v) is 6.98. The molecule has 0 aliphatic carbocycles. The Morgan fingerprint density at radius 1 is 1.44 bits per heavy atom. The van der Waals surface area contributed by atoms with Crippen LogP contribution in [0.3, 0.4) is 0 Å². The molecular weight excluding hydrogens is 248 g/mol. The van der Waals surface area contributed by atoms with Crippen molar-refractivity contribution in [3.8, 4) is 11.4 Å². The van der Waals surface area contributed by atoms with Crippen LogP contribution in [0.15, 0.2) is 29.7 Å². The maximum atomic E-state index is 5.57. The van der Waals surface area contributed by atoms with Crippen molar-refractivity contribution in [2.75, 3.05) is 12.4 Å². The van der Waals surface area contributed by atoms with E-state index in [1.807, 2.05) is 12.1 Å². The third-order valence-corrected chi connectivity index (χ3v) is 3.83. The molecule has 6 heteroatoms. The topological polar surface area (TPSA) is 63.7 Å². The fourth-order valence-electron chi connectivity index (χ4n) is 1.89. The van der Waals surface area contributed by atoms with Crippen LogP contribution in [-0.4, -0.2) is 38.6 Å². The van der Waals surface area contributed by atoms with Crippen molar-refractivity contribution < 1.29 is 4.74 Å². The zero-order valence-electron chi connectivity index (χ0n) is 9.87. The number of H-pyrrole nitrogens is 1. The molecule has 2 aromatic rings. The standard InChI is InChI=1S/C12H14N4OS/c1-3-9(7-13-5-1)11-14-12(16-15-11)18-8-10-4-2-6-17-10/h1,3,5,7,10H,2,4,6,8H2,(H,14,15,16). The molecule has 1 aliphatic heterocycles. The normalized spacial score (nSPS) is 19.2. The van der Waals surface area contributed by atoms with Gasteiger partial charge in [-0.1, -0.05) is 11.8 Å². The van der Waals surface area contributed by atoms with Crippen LogP contribution in [-0.2, 0) is 4.74 Å². The van der Waals surface area contributed by atoms with Gasteiger partial charge in [0.1, 0.15) is 0 Å². The van der Waals surface area contributed by atoms with Crippen LogP contribution in [0.1, 0.15) is 12.8 Å². The molecule has 3 rings (SSSR count). The number of aromatic amines is 1. The van der Waals surface area contributed by atoms with E-state index in [9.17, 15) is 0 Å². The molecule has 0 radical (unpaired) electrons. The summed E-state index contributed by atoms with van der Waals surface area (Å²) in [5.41, 5.74) is 0.953. The SMILES string of the molecule is c1cncc(-c2nnc(SCC3CCCO3)[nH]2)c1. The number of nitrogens with zero attached hydrogens (tertiary/aromatic N) is 3. The van der Waals surface area contributed by atoms with Gasteiger partial charge in [0.05, 0.1) is 6.10 Å². The van der Waals surface area contributed by atoms with Crippen molar-refractivity contribution in [2.45, 2.75) is 24.1 Å². The minimum atomic E-state index is 0.363. The summed E-state index contributed by atoms with van der Waals surface area (Å²) in [5.74, 6) is 1.69. The van der Waals surface area contributed by atoms with Crippen LogP contribution >= 0.6 is 11.8 Å². The molecule has 2 aromatic heterocycles. The first-order chi connectivity index (χ1) is 8.92. The van der Waals surface area contributed by atoms with Crippen molar-refractivity contribution in [1.29, 1.82) is 0 Å². The number of thioether (sulfide) groups is 1. The second-order valence-electron chi connectivity index (χ2n) is 4.17. The van der Waals surface area contributed by atoms with Crippen LogP contribution in [0.25, 0.3) is 11.4 Å². The van der Waals surface area contributed by atoms with Gasteiger partial charge in [0, 0.05) is 30.3 Å². The molecule has 94 valence electrons. The lowest BCUT2D eigenvalue weighted by molar-refractivity contribution is 0.129. The lowest BCUT2D eigenvalue weighted by atomic mass is 10.3. The predicted molar refractivity (Wildman–Crippen MR) is 69.3 cm³/mol. The van der Waals surface area contributed by atoms with E-state index in [1.165, 1.54) is 6.42 Å². The van der Waals surface area contributed by atoms with E-state index in [2.05, 4.69) is 20.2 Å². The predicted octanol–water partition coefficient (Wildman–Crippen LogP) is 2.14. The van der Waals surface area contributed by atoms with Crippen molar-refractivity contribution in [1.82, 2.24) is 20.2 Å². The summed E-state index contributed by atoms with van der Waals surface area (Å²) < 4.78 is 5.57. The molecule has 3 heterocycles. The maximum absolute atomic E-state index is 5.57. The molecule has 1 N–H and O–H groups in total. The highest BCUT2D eigenvalue weighted by atomic mass is 32.2. The Labute approximate surface area is 109 Å². The van der Waals surface area contributed by atoms with Gasteiger partial charge in [-0.25, -0.2) is 0 Å². The maximum Gasteiger partial charge on any atom is 0.188 e. The van der Waals surface area contributed by atoms with Gasteiger partial charge >= 0.3 is 0 Å².